The number of hydrogen-bond donors (Lipinski definition) is 1. The van der Waals surface area contributed by atoms with Gasteiger partial charge in [-0.25, -0.2) is 17.2 Å². The molecule has 0 aliphatic heterocycles. The molecule has 0 heterocycles. The van der Waals surface area contributed by atoms with Crippen LogP contribution in [0.15, 0.2) is 42.5 Å². The average Bonchev–Trinajstić information content (AvgIpc) is 2.66. The predicted molar refractivity (Wildman–Crippen MR) is 111 cm³/mol. The maximum absolute atomic E-state index is 13.5. The summed E-state index contributed by atoms with van der Waals surface area (Å²) in [6, 6.07) is 8.61. The topological polar surface area (TPSA) is 66.5 Å². The van der Waals surface area contributed by atoms with Crippen LogP contribution < -0.4 is 9.62 Å². The van der Waals surface area contributed by atoms with E-state index >= 15 is 0 Å². The quantitative estimate of drug-likeness (QED) is 0.596. The summed E-state index contributed by atoms with van der Waals surface area (Å²) in [7, 11) is -3.83. The van der Waals surface area contributed by atoms with E-state index in [0.29, 0.717) is 19.4 Å². The Hall–Kier alpha value is -2.19. The third kappa shape index (κ3) is 6.40. The van der Waals surface area contributed by atoms with Crippen molar-refractivity contribution < 1.29 is 22.0 Å². The van der Waals surface area contributed by atoms with E-state index in [1.807, 2.05) is 0 Å². The van der Waals surface area contributed by atoms with Crippen LogP contribution in [0.25, 0.3) is 0 Å². The number of anilines is 1. The van der Waals surface area contributed by atoms with Crippen LogP contribution in [0.3, 0.4) is 0 Å². The van der Waals surface area contributed by atoms with Crippen molar-refractivity contribution >= 4 is 33.2 Å². The number of aryl methyl sites for hydroxylation is 1. The van der Waals surface area contributed by atoms with Gasteiger partial charge in [0.15, 0.2) is 0 Å². The first-order valence-corrected chi connectivity index (χ1v) is 11.3. The normalized spacial score (nSPS) is 12.4. The van der Waals surface area contributed by atoms with Gasteiger partial charge in [-0.2, -0.15) is 0 Å². The zero-order valence-corrected chi connectivity index (χ0v) is 17.7. The third-order valence-corrected chi connectivity index (χ3v) is 5.81. The fourth-order valence-corrected chi connectivity index (χ4v) is 4.33. The number of benzene rings is 2. The van der Waals surface area contributed by atoms with Crippen LogP contribution in [0, 0.1) is 11.6 Å². The van der Waals surface area contributed by atoms with Gasteiger partial charge in [-0.15, -0.1) is 0 Å². The lowest BCUT2D eigenvalue weighted by Crippen LogP contribution is -2.49. The van der Waals surface area contributed by atoms with E-state index in [1.165, 1.54) is 24.3 Å². The number of carbonyl (C=O) groups excluding carboxylic acids is 1. The predicted octanol–water partition coefficient (Wildman–Crippen LogP) is 3.91. The number of hydrogen-bond acceptors (Lipinski definition) is 3. The maximum Gasteiger partial charge on any atom is 0.243 e. The number of carbonyl (C=O) groups is 1. The number of rotatable bonds is 9. The van der Waals surface area contributed by atoms with Gasteiger partial charge in [-0.1, -0.05) is 30.7 Å². The fraction of sp³-hybridized carbons (Fsp3) is 0.350. The Kier molecular flexibility index (Phi) is 7.98. The van der Waals surface area contributed by atoms with Crippen molar-refractivity contribution in [3.8, 4) is 0 Å². The lowest BCUT2D eigenvalue weighted by atomic mass is 10.1. The first-order valence-electron chi connectivity index (χ1n) is 9.10. The standard InChI is InChI=1S/C20H23ClF2N2O3S/c1-3-19(20(26)24-12-4-5-14-6-8-15(22)9-7-14)25(29(2,27)28)16-10-11-18(23)17(21)13-16/h6-11,13,19H,3-5,12H2,1-2H3,(H,24,26)/t19-/m1/s1. The number of nitrogens with zero attached hydrogens (tertiary/aromatic N) is 1. The number of halogens is 3. The number of nitrogens with one attached hydrogen (secondary N) is 1. The van der Waals surface area contributed by atoms with Gasteiger partial charge in [0, 0.05) is 6.54 Å². The van der Waals surface area contributed by atoms with Gasteiger partial charge < -0.3 is 5.32 Å². The van der Waals surface area contributed by atoms with E-state index in [1.54, 1.807) is 19.1 Å². The van der Waals surface area contributed by atoms with Crippen molar-refractivity contribution in [3.63, 3.8) is 0 Å². The molecule has 1 atom stereocenters. The van der Waals surface area contributed by atoms with Gasteiger partial charge >= 0.3 is 0 Å². The van der Waals surface area contributed by atoms with Crippen LogP contribution in [-0.4, -0.2) is 33.2 Å². The Bertz CT molecular complexity index is 953. The van der Waals surface area contributed by atoms with Crippen molar-refractivity contribution in [1.29, 1.82) is 0 Å². The molecule has 0 aromatic heterocycles. The Morgan fingerprint density at radius 3 is 2.38 bits per heavy atom. The second kappa shape index (κ2) is 10.0. The van der Waals surface area contributed by atoms with Crippen molar-refractivity contribution in [2.45, 2.75) is 32.2 Å². The summed E-state index contributed by atoms with van der Waals surface area (Å²) in [5.41, 5.74) is 1.05. The second-order valence-corrected chi connectivity index (χ2v) is 8.87. The van der Waals surface area contributed by atoms with E-state index in [2.05, 4.69) is 5.32 Å². The summed E-state index contributed by atoms with van der Waals surface area (Å²) in [5.74, 6) is -1.45. The molecule has 2 rings (SSSR count). The molecule has 0 radical (unpaired) electrons. The molecule has 158 valence electrons. The smallest absolute Gasteiger partial charge is 0.243 e. The molecule has 0 saturated carbocycles. The van der Waals surface area contributed by atoms with Crippen LogP contribution in [0.5, 0.6) is 0 Å². The molecular weight excluding hydrogens is 422 g/mol. The number of sulfonamides is 1. The molecule has 0 fully saturated rings. The molecular formula is C20H23ClF2N2O3S. The minimum atomic E-state index is -3.83. The summed E-state index contributed by atoms with van der Waals surface area (Å²) in [4.78, 5) is 12.7. The van der Waals surface area contributed by atoms with Gasteiger partial charge in [0.1, 0.15) is 17.7 Å². The Balaban J connectivity index is 2.07. The van der Waals surface area contributed by atoms with E-state index in [-0.39, 0.29) is 22.9 Å². The highest BCUT2D eigenvalue weighted by atomic mass is 35.5. The molecule has 0 spiro atoms. The van der Waals surface area contributed by atoms with Gasteiger partial charge in [0.25, 0.3) is 0 Å². The van der Waals surface area contributed by atoms with Crippen LogP contribution in [0.1, 0.15) is 25.3 Å². The molecule has 0 aliphatic carbocycles. The highest BCUT2D eigenvalue weighted by Crippen LogP contribution is 2.27. The molecule has 2 aromatic carbocycles. The van der Waals surface area contributed by atoms with E-state index in [4.69, 9.17) is 11.6 Å². The van der Waals surface area contributed by atoms with Crippen LogP contribution in [0.2, 0.25) is 5.02 Å². The third-order valence-electron chi connectivity index (χ3n) is 4.34. The SMILES string of the molecule is CC[C@H](C(=O)NCCCc1ccc(F)cc1)N(c1ccc(F)c(Cl)c1)S(C)(=O)=O. The highest BCUT2D eigenvalue weighted by Gasteiger charge is 2.31. The molecule has 0 aliphatic rings. The van der Waals surface area contributed by atoms with Crippen molar-refractivity contribution in [1.82, 2.24) is 5.32 Å². The first kappa shape index (κ1) is 23.1. The molecule has 29 heavy (non-hydrogen) atoms. The molecule has 1 N–H and O–H groups in total. The highest BCUT2D eigenvalue weighted by molar-refractivity contribution is 7.92. The van der Waals surface area contributed by atoms with E-state index in [0.717, 1.165) is 22.2 Å². The second-order valence-electron chi connectivity index (χ2n) is 6.60. The molecule has 9 heteroatoms. The number of amides is 1. The first-order chi connectivity index (χ1) is 13.6. The lowest BCUT2D eigenvalue weighted by Gasteiger charge is -2.30. The molecule has 1 amide bonds. The molecule has 0 saturated heterocycles. The van der Waals surface area contributed by atoms with Gasteiger partial charge in [-0.3, -0.25) is 9.10 Å². The van der Waals surface area contributed by atoms with Gasteiger partial charge in [0.05, 0.1) is 17.0 Å². The Morgan fingerprint density at radius 1 is 1.17 bits per heavy atom. The fourth-order valence-electron chi connectivity index (χ4n) is 2.96. The summed E-state index contributed by atoms with van der Waals surface area (Å²) >= 11 is 5.79. The van der Waals surface area contributed by atoms with Crippen LogP contribution in [-0.2, 0) is 21.2 Å². The minimum absolute atomic E-state index is 0.118. The van der Waals surface area contributed by atoms with Crippen molar-refractivity contribution in [2.75, 3.05) is 17.1 Å². The summed E-state index contributed by atoms with van der Waals surface area (Å²) < 4.78 is 52.1. The van der Waals surface area contributed by atoms with E-state index in [9.17, 15) is 22.0 Å². The van der Waals surface area contributed by atoms with Gasteiger partial charge in [0.2, 0.25) is 15.9 Å². The van der Waals surface area contributed by atoms with Crippen molar-refractivity contribution in [2.24, 2.45) is 0 Å². The Morgan fingerprint density at radius 2 is 1.83 bits per heavy atom. The van der Waals surface area contributed by atoms with Crippen LogP contribution >= 0.6 is 11.6 Å². The average molecular weight is 445 g/mol. The maximum atomic E-state index is 13.5. The van der Waals surface area contributed by atoms with Gasteiger partial charge in [-0.05, 0) is 55.2 Å². The largest absolute Gasteiger partial charge is 0.354 e. The van der Waals surface area contributed by atoms with E-state index < -0.39 is 27.8 Å². The molecule has 0 bridgehead atoms. The molecule has 2 aromatic rings. The van der Waals surface area contributed by atoms with Crippen LogP contribution in [0.4, 0.5) is 14.5 Å². The summed E-state index contributed by atoms with van der Waals surface area (Å²) in [5, 5.41) is 2.51. The summed E-state index contributed by atoms with van der Waals surface area (Å²) in [6.45, 7) is 2.01. The molecule has 0 unspecified atom stereocenters. The monoisotopic (exact) mass is 444 g/mol. The zero-order valence-electron chi connectivity index (χ0n) is 16.2. The minimum Gasteiger partial charge on any atom is -0.354 e. The Labute approximate surface area is 174 Å². The van der Waals surface area contributed by atoms with Crippen molar-refractivity contribution in [3.05, 3.63) is 64.7 Å². The lowest BCUT2D eigenvalue weighted by molar-refractivity contribution is -0.122. The zero-order chi connectivity index (χ0) is 21.6. The summed E-state index contributed by atoms with van der Waals surface area (Å²) in [6.07, 6.45) is 2.44. The molecule has 5 nitrogen and oxygen atoms in total.